The minimum Gasteiger partial charge on any atom is -0.489 e. The van der Waals surface area contributed by atoms with Crippen LogP contribution in [-0.4, -0.2) is 43.7 Å². The van der Waals surface area contributed by atoms with Gasteiger partial charge in [0.1, 0.15) is 6.61 Å². The average molecular weight is 332 g/mol. The van der Waals surface area contributed by atoms with Crippen LogP contribution in [0.25, 0.3) is 0 Å². The van der Waals surface area contributed by atoms with Gasteiger partial charge in [-0.1, -0.05) is 35.3 Å². The van der Waals surface area contributed by atoms with Crippen LogP contribution in [0.3, 0.4) is 0 Å². The second kappa shape index (κ2) is 9.66. The van der Waals surface area contributed by atoms with Gasteiger partial charge in [-0.25, -0.2) is 0 Å². The molecule has 0 heterocycles. The predicted molar refractivity (Wildman–Crippen MR) is 85.2 cm³/mol. The Bertz CT molecular complexity index is 460. The molecule has 0 N–H and O–H groups in total. The number of nitrogens with zero attached hydrogens (tertiary/aromatic N) is 1. The lowest BCUT2D eigenvalue weighted by molar-refractivity contribution is -0.144. The van der Waals surface area contributed by atoms with E-state index in [-0.39, 0.29) is 12.5 Å². The third-order valence-electron chi connectivity index (χ3n) is 2.62. The summed E-state index contributed by atoms with van der Waals surface area (Å²) in [6.45, 7) is 7.47. The lowest BCUT2D eigenvalue weighted by Crippen LogP contribution is -2.34. The van der Waals surface area contributed by atoms with Crippen LogP contribution < -0.4 is 4.74 Å². The first-order valence-corrected chi connectivity index (χ1v) is 7.39. The number of halogens is 2. The van der Waals surface area contributed by atoms with Crippen LogP contribution >= 0.6 is 23.2 Å². The molecular weight excluding hydrogens is 313 g/mol. The summed E-state index contributed by atoms with van der Waals surface area (Å²) in [6, 6.07) is 5.17. The van der Waals surface area contributed by atoms with Gasteiger partial charge >= 0.3 is 5.97 Å². The second-order valence-corrected chi connectivity index (χ2v) is 5.04. The summed E-state index contributed by atoms with van der Waals surface area (Å²) in [5, 5.41) is 0.923. The van der Waals surface area contributed by atoms with Gasteiger partial charge in [0.05, 0.1) is 23.2 Å². The zero-order valence-electron chi connectivity index (χ0n) is 12.0. The Labute approximate surface area is 135 Å². The maximum atomic E-state index is 11.5. The molecule has 0 radical (unpaired) electrons. The van der Waals surface area contributed by atoms with Gasteiger partial charge in [0.15, 0.2) is 5.75 Å². The van der Waals surface area contributed by atoms with Gasteiger partial charge in [0, 0.05) is 13.1 Å². The lowest BCUT2D eigenvalue weighted by Gasteiger charge is -2.20. The fourth-order valence-corrected chi connectivity index (χ4v) is 2.21. The van der Waals surface area contributed by atoms with Crippen LogP contribution in [0.15, 0.2) is 30.9 Å². The molecular formula is C15H19Cl2NO3. The quantitative estimate of drug-likeness (QED) is 0.513. The summed E-state index contributed by atoms with van der Waals surface area (Å²) in [5.74, 6) is 0.186. The van der Waals surface area contributed by atoms with Gasteiger partial charge in [-0.2, -0.15) is 0 Å². The van der Waals surface area contributed by atoms with Gasteiger partial charge in [-0.3, -0.25) is 9.69 Å². The number of carbonyl (C=O) groups excluding carboxylic acids is 1. The standard InChI is InChI=1S/C15H19Cl2NO3/c1-3-8-18(11-14(19)20-4-2)9-10-21-15-12(16)6-5-7-13(15)17/h3,5-7H,1,4,8-11H2,2H3. The molecule has 0 saturated carbocycles. The monoisotopic (exact) mass is 331 g/mol. The highest BCUT2D eigenvalue weighted by Gasteiger charge is 2.12. The molecule has 0 aliphatic rings. The number of ether oxygens (including phenoxy) is 2. The molecule has 0 aromatic heterocycles. The van der Waals surface area contributed by atoms with Gasteiger partial charge < -0.3 is 9.47 Å². The molecule has 0 aliphatic carbocycles. The highest BCUT2D eigenvalue weighted by atomic mass is 35.5. The third-order valence-corrected chi connectivity index (χ3v) is 3.21. The first-order chi connectivity index (χ1) is 10.1. The Morgan fingerprint density at radius 2 is 2.05 bits per heavy atom. The van der Waals surface area contributed by atoms with Crippen molar-refractivity contribution in [2.45, 2.75) is 6.92 Å². The summed E-state index contributed by atoms with van der Waals surface area (Å²) in [4.78, 5) is 13.4. The lowest BCUT2D eigenvalue weighted by atomic mass is 10.3. The van der Waals surface area contributed by atoms with E-state index in [1.807, 2.05) is 4.90 Å². The van der Waals surface area contributed by atoms with Crippen molar-refractivity contribution in [2.75, 3.05) is 32.8 Å². The van der Waals surface area contributed by atoms with Gasteiger partial charge in [0.2, 0.25) is 0 Å². The molecule has 1 aromatic carbocycles. The van der Waals surface area contributed by atoms with Crippen LogP contribution in [-0.2, 0) is 9.53 Å². The Balaban J connectivity index is 2.50. The van der Waals surface area contributed by atoms with Crippen LogP contribution in [0.2, 0.25) is 10.0 Å². The minimum atomic E-state index is -0.268. The van der Waals surface area contributed by atoms with Crippen LogP contribution in [0, 0.1) is 0 Å². The first-order valence-electron chi connectivity index (χ1n) is 6.64. The molecule has 21 heavy (non-hydrogen) atoms. The molecule has 6 heteroatoms. The van der Waals surface area contributed by atoms with Crippen molar-refractivity contribution in [2.24, 2.45) is 0 Å². The van der Waals surface area contributed by atoms with Crippen LogP contribution in [0.5, 0.6) is 5.75 Å². The SMILES string of the molecule is C=CCN(CCOc1c(Cl)cccc1Cl)CC(=O)OCC. The van der Waals surface area contributed by atoms with Crippen molar-refractivity contribution in [1.82, 2.24) is 4.90 Å². The Morgan fingerprint density at radius 1 is 1.38 bits per heavy atom. The number of esters is 1. The summed E-state index contributed by atoms with van der Waals surface area (Å²) in [7, 11) is 0. The van der Waals surface area contributed by atoms with E-state index < -0.39 is 0 Å². The van der Waals surface area contributed by atoms with E-state index in [2.05, 4.69) is 6.58 Å². The number of carbonyl (C=O) groups is 1. The summed E-state index contributed by atoms with van der Waals surface area (Å²) >= 11 is 12.0. The van der Waals surface area contributed by atoms with Gasteiger partial charge in [-0.15, -0.1) is 6.58 Å². The molecule has 4 nitrogen and oxygen atoms in total. The van der Waals surface area contributed by atoms with Crippen molar-refractivity contribution in [1.29, 1.82) is 0 Å². The van der Waals surface area contributed by atoms with Crippen molar-refractivity contribution in [3.05, 3.63) is 40.9 Å². The van der Waals surface area contributed by atoms with Gasteiger partial charge in [0.25, 0.3) is 0 Å². The van der Waals surface area contributed by atoms with Crippen molar-refractivity contribution in [3.8, 4) is 5.75 Å². The molecule has 0 fully saturated rings. The maximum absolute atomic E-state index is 11.5. The molecule has 0 unspecified atom stereocenters. The molecule has 1 rings (SSSR count). The maximum Gasteiger partial charge on any atom is 0.320 e. The fourth-order valence-electron chi connectivity index (χ4n) is 1.70. The van der Waals surface area contributed by atoms with Crippen LogP contribution in [0.4, 0.5) is 0 Å². The Kier molecular flexibility index (Phi) is 8.20. The molecule has 0 atom stereocenters. The normalized spacial score (nSPS) is 10.5. The zero-order valence-corrected chi connectivity index (χ0v) is 13.5. The largest absolute Gasteiger partial charge is 0.489 e. The van der Waals surface area contributed by atoms with Crippen molar-refractivity contribution < 1.29 is 14.3 Å². The highest BCUT2D eigenvalue weighted by Crippen LogP contribution is 2.32. The number of para-hydroxylation sites is 1. The minimum absolute atomic E-state index is 0.194. The smallest absolute Gasteiger partial charge is 0.320 e. The third kappa shape index (κ3) is 6.38. The molecule has 116 valence electrons. The van der Waals surface area contributed by atoms with E-state index in [4.69, 9.17) is 32.7 Å². The molecule has 0 amide bonds. The number of benzene rings is 1. The Morgan fingerprint density at radius 3 is 2.62 bits per heavy atom. The summed E-state index contributed by atoms with van der Waals surface area (Å²) in [6.07, 6.45) is 1.72. The van der Waals surface area contributed by atoms with E-state index in [1.165, 1.54) is 0 Å². The molecule has 1 aromatic rings. The van der Waals surface area contributed by atoms with E-state index in [1.54, 1.807) is 31.2 Å². The van der Waals surface area contributed by atoms with E-state index in [9.17, 15) is 4.79 Å². The number of hydrogen-bond donors (Lipinski definition) is 0. The average Bonchev–Trinajstić information content (AvgIpc) is 2.42. The molecule has 0 aliphatic heterocycles. The zero-order chi connectivity index (χ0) is 15.7. The topological polar surface area (TPSA) is 38.8 Å². The molecule has 0 saturated heterocycles. The van der Waals surface area contributed by atoms with Crippen LogP contribution in [0.1, 0.15) is 6.92 Å². The van der Waals surface area contributed by atoms with Crippen molar-refractivity contribution in [3.63, 3.8) is 0 Å². The highest BCUT2D eigenvalue weighted by molar-refractivity contribution is 6.37. The second-order valence-electron chi connectivity index (χ2n) is 4.23. The van der Waals surface area contributed by atoms with E-state index in [0.29, 0.717) is 42.1 Å². The van der Waals surface area contributed by atoms with Gasteiger partial charge in [-0.05, 0) is 19.1 Å². The Hall–Kier alpha value is -1.23. The first kappa shape index (κ1) is 17.8. The molecule has 0 spiro atoms. The number of hydrogen-bond acceptors (Lipinski definition) is 4. The number of rotatable bonds is 9. The fraction of sp³-hybridized carbons (Fsp3) is 0.400. The van der Waals surface area contributed by atoms with Crippen molar-refractivity contribution >= 4 is 29.2 Å². The summed E-state index contributed by atoms with van der Waals surface area (Å²) in [5.41, 5.74) is 0. The predicted octanol–water partition coefficient (Wildman–Crippen LogP) is 3.42. The van der Waals surface area contributed by atoms with E-state index in [0.717, 1.165) is 0 Å². The van der Waals surface area contributed by atoms with E-state index >= 15 is 0 Å². The molecule has 0 bridgehead atoms. The summed E-state index contributed by atoms with van der Waals surface area (Å²) < 4.78 is 10.5.